The number of thiocarbonyl (C=S) groups is 1. The van der Waals surface area contributed by atoms with Crippen LogP contribution in [0.1, 0.15) is 24.5 Å². The molecular weight excluding hydrogens is 378 g/mol. The van der Waals surface area contributed by atoms with Crippen LogP contribution < -0.4 is 10.2 Å². The van der Waals surface area contributed by atoms with Crippen molar-refractivity contribution in [3.05, 3.63) is 51.6 Å². The molecule has 1 heterocycles. The highest BCUT2D eigenvalue weighted by atomic mass is 35.5. The van der Waals surface area contributed by atoms with Gasteiger partial charge in [0.2, 0.25) is 0 Å². The topological polar surface area (TPSA) is 72.4 Å². The van der Waals surface area contributed by atoms with Gasteiger partial charge in [0.05, 0.1) is 16.4 Å². The van der Waals surface area contributed by atoms with E-state index in [1.165, 1.54) is 16.2 Å². The number of nitro groups is 1. The summed E-state index contributed by atoms with van der Waals surface area (Å²) in [6, 6.07) is 9.79. The quantitative estimate of drug-likeness (QED) is 0.338. The molecule has 0 saturated carbocycles. The maximum absolute atomic E-state index is 11.8. The monoisotopic (exact) mass is 393 g/mol. The maximum atomic E-state index is 11.8. The van der Waals surface area contributed by atoms with E-state index >= 15 is 0 Å². The van der Waals surface area contributed by atoms with Crippen LogP contribution in [0.4, 0.5) is 11.4 Å². The van der Waals surface area contributed by atoms with Crippen LogP contribution in [-0.4, -0.2) is 15.8 Å². The number of halogens is 1. The molecule has 2 aromatic carbocycles. The minimum atomic E-state index is -0.428. The standard InChI is InChI=1S/C17H16ClN3O2S2/c1-2-6-11-12(10-7-4-3-5-8-10)16-15(20(18)9-25-16)14(21(22)23)13(11)17(19)24/h3-5,7-8H,2,6,9H2,1H3,(H2,19,24). The second-order valence-corrected chi connectivity index (χ2v) is 7.43. The molecule has 0 bridgehead atoms. The summed E-state index contributed by atoms with van der Waals surface area (Å²) in [5, 5.41) is 11.8. The number of hydrogen-bond acceptors (Lipinski definition) is 5. The van der Waals surface area contributed by atoms with Gasteiger partial charge in [0, 0.05) is 22.2 Å². The van der Waals surface area contributed by atoms with Gasteiger partial charge in [-0.25, -0.2) is 0 Å². The fourth-order valence-corrected chi connectivity index (χ4v) is 4.84. The summed E-state index contributed by atoms with van der Waals surface area (Å²) in [6.45, 7) is 2.03. The number of hydrogen-bond donors (Lipinski definition) is 1. The van der Waals surface area contributed by atoms with E-state index < -0.39 is 4.92 Å². The van der Waals surface area contributed by atoms with Gasteiger partial charge in [-0.05, 0) is 17.5 Å². The number of nitro benzene ring substituents is 1. The van der Waals surface area contributed by atoms with Crippen LogP contribution in [0.15, 0.2) is 35.2 Å². The number of rotatable bonds is 5. The normalized spacial score (nSPS) is 13.0. The summed E-state index contributed by atoms with van der Waals surface area (Å²) in [4.78, 5) is 12.2. The molecule has 1 aliphatic rings. The average Bonchev–Trinajstić information content (AvgIpc) is 2.95. The highest BCUT2D eigenvalue weighted by Gasteiger charge is 2.37. The van der Waals surface area contributed by atoms with E-state index in [-0.39, 0.29) is 10.7 Å². The Balaban J connectivity index is 2.49. The van der Waals surface area contributed by atoms with Gasteiger partial charge in [0.1, 0.15) is 10.7 Å². The molecule has 8 heteroatoms. The van der Waals surface area contributed by atoms with Crippen molar-refractivity contribution in [2.45, 2.75) is 24.7 Å². The van der Waals surface area contributed by atoms with Crippen LogP contribution in [0.5, 0.6) is 0 Å². The third kappa shape index (κ3) is 3.07. The molecule has 5 nitrogen and oxygen atoms in total. The lowest BCUT2D eigenvalue weighted by atomic mass is 9.90. The summed E-state index contributed by atoms with van der Waals surface area (Å²) in [5.41, 5.74) is 9.30. The van der Waals surface area contributed by atoms with Gasteiger partial charge in [0.15, 0.2) is 0 Å². The van der Waals surface area contributed by atoms with Gasteiger partial charge in [-0.1, -0.05) is 67.7 Å². The number of benzene rings is 2. The number of fused-ring (bicyclic) bond motifs is 1. The van der Waals surface area contributed by atoms with Crippen LogP contribution in [0.2, 0.25) is 0 Å². The van der Waals surface area contributed by atoms with Crippen molar-refractivity contribution in [3.8, 4) is 11.1 Å². The summed E-state index contributed by atoms with van der Waals surface area (Å²) < 4.78 is 1.38. The van der Waals surface area contributed by atoms with Crippen molar-refractivity contribution in [2.75, 3.05) is 10.3 Å². The lowest BCUT2D eigenvalue weighted by molar-refractivity contribution is -0.384. The van der Waals surface area contributed by atoms with Crippen LogP contribution >= 0.6 is 35.8 Å². The van der Waals surface area contributed by atoms with E-state index in [4.69, 9.17) is 29.7 Å². The molecule has 0 unspecified atom stereocenters. The van der Waals surface area contributed by atoms with E-state index in [0.717, 1.165) is 28.0 Å². The number of thioether (sulfide) groups is 1. The second-order valence-electron chi connectivity index (χ2n) is 5.63. The van der Waals surface area contributed by atoms with E-state index in [1.54, 1.807) is 0 Å². The Kier molecular flexibility index (Phi) is 5.17. The first-order valence-corrected chi connectivity index (χ1v) is 9.49. The molecule has 25 heavy (non-hydrogen) atoms. The molecule has 0 radical (unpaired) electrons. The van der Waals surface area contributed by atoms with Crippen molar-refractivity contribution >= 4 is 52.1 Å². The van der Waals surface area contributed by atoms with Crippen LogP contribution in [0, 0.1) is 10.1 Å². The molecule has 0 saturated heterocycles. The Labute approximate surface area is 160 Å². The molecule has 3 rings (SSSR count). The number of nitrogens with two attached hydrogens (primary N) is 1. The Bertz CT molecular complexity index is 859. The Morgan fingerprint density at radius 3 is 2.68 bits per heavy atom. The van der Waals surface area contributed by atoms with Crippen LogP contribution in [-0.2, 0) is 6.42 Å². The molecule has 0 fully saturated rings. The van der Waals surface area contributed by atoms with Crippen molar-refractivity contribution in [1.82, 2.24) is 0 Å². The van der Waals surface area contributed by atoms with Gasteiger partial charge >= 0.3 is 5.69 Å². The van der Waals surface area contributed by atoms with Gasteiger partial charge in [-0.3, -0.25) is 14.5 Å². The summed E-state index contributed by atoms with van der Waals surface area (Å²) in [6.07, 6.45) is 1.47. The molecule has 0 spiro atoms. The van der Waals surface area contributed by atoms with Gasteiger partial charge < -0.3 is 5.73 Å². The van der Waals surface area contributed by atoms with E-state index in [1.807, 2.05) is 37.3 Å². The first kappa shape index (κ1) is 18.0. The first-order chi connectivity index (χ1) is 12.0. The lowest BCUT2D eigenvalue weighted by Crippen LogP contribution is -2.18. The minimum Gasteiger partial charge on any atom is -0.389 e. The SMILES string of the molecule is CCCc1c(C(N)=S)c([N+](=O)[O-])c2c(c1-c1ccccc1)SCN2Cl. The molecule has 0 atom stereocenters. The zero-order valence-corrected chi connectivity index (χ0v) is 15.9. The predicted molar refractivity (Wildman–Crippen MR) is 107 cm³/mol. The molecular formula is C17H16ClN3O2S2. The van der Waals surface area contributed by atoms with Crippen molar-refractivity contribution < 1.29 is 4.92 Å². The smallest absolute Gasteiger partial charge is 0.305 e. The molecule has 1 aliphatic heterocycles. The zero-order chi connectivity index (χ0) is 18.1. The van der Waals surface area contributed by atoms with Crippen molar-refractivity contribution in [2.24, 2.45) is 5.73 Å². The van der Waals surface area contributed by atoms with Crippen LogP contribution in [0.25, 0.3) is 11.1 Å². The maximum Gasteiger partial charge on any atom is 0.305 e. The third-order valence-corrected chi connectivity index (χ3v) is 5.77. The fraction of sp³-hybridized carbons (Fsp3) is 0.235. The van der Waals surface area contributed by atoms with E-state index in [0.29, 0.717) is 23.5 Å². The fourth-order valence-electron chi connectivity index (χ4n) is 3.15. The van der Waals surface area contributed by atoms with Gasteiger partial charge in [-0.2, -0.15) is 0 Å². The van der Waals surface area contributed by atoms with E-state index in [9.17, 15) is 10.1 Å². The molecule has 0 aliphatic carbocycles. The summed E-state index contributed by atoms with van der Waals surface area (Å²) >= 11 is 13.0. The van der Waals surface area contributed by atoms with Crippen LogP contribution in [0.3, 0.4) is 0 Å². The molecule has 2 aromatic rings. The first-order valence-electron chi connectivity index (χ1n) is 7.75. The summed E-state index contributed by atoms with van der Waals surface area (Å²) in [5.74, 6) is 0.434. The molecule has 130 valence electrons. The highest BCUT2D eigenvalue weighted by molar-refractivity contribution is 8.00. The zero-order valence-electron chi connectivity index (χ0n) is 13.5. The highest BCUT2D eigenvalue weighted by Crippen LogP contribution is 2.54. The van der Waals surface area contributed by atoms with Crippen molar-refractivity contribution in [1.29, 1.82) is 0 Å². The molecule has 0 amide bonds. The minimum absolute atomic E-state index is 0.0251. The Morgan fingerprint density at radius 1 is 1.44 bits per heavy atom. The predicted octanol–water partition coefficient (Wildman–Crippen LogP) is 4.87. The average molecular weight is 394 g/mol. The molecule has 2 N–H and O–H groups in total. The Hall–Kier alpha value is -1.83. The largest absolute Gasteiger partial charge is 0.389 e. The summed E-state index contributed by atoms with van der Waals surface area (Å²) in [7, 11) is 0. The van der Waals surface area contributed by atoms with E-state index in [2.05, 4.69) is 0 Å². The third-order valence-electron chi connectivity index (χ3n) is 4.06. The number of nitrogens with zero attached hydrogens (tertiary/aromatic N) is 2. The van der Waals surface area contributed by atoms with Gasteiger partial charge in [0.25, 0.3) is 0 Å². The molecule has 0 aromatic heterocycles. The number of anilines is 1. The van der Waals surface area contributed by atoms with Crippen molar-refractivity contribution in [3.63, 3.8) is 0 Å². The Morgan fingerprint density at radius 2 is 2.12 bits per heavy atom. The lowest BCUT2D eigenvalue weighted by Gasteiger charge is -2.19. The second kappa shape index (κ2) is 7.19. The van der Waals surface area contributed by atoms with Gasteiger partial charge in [-0.15, -0.1) is 0 Å².